The molecule has 0 aromatic rings. The maximum Gasteiger partial charge on any atom is 0.251 e. The maximum atomic E-state index is 12.1. The summed E-state index contributed by atoms with van der Waals surface area (Å²) in [6.45, 7) is 2.03. The highest BCUT2D eigenvalue weighted by Gasteiger charge is 2.55. The minimum Gasteiger partial charge on any atom is -0.207 e. The molecule has 1 aliphatic carbocycles. The molecule has 0 bridgehead atoms. The summed E-state index contributed by atoms with van der Waals surface area (Å²) in [5.74, 6) is -2.55. The second-order valence-electron chi connectivity index (χ2n) is 2.80. The van der Waals surface area contributed by atoms with Crippen LogP contribution in [0.25, 0.3) is 0 Å². The molecule has 2 heteroatoms. The lowest BCUT2D eigenvalue weighted by Crippen LogP contribution is -1.92. The number of hydrogen-bond acceptors (Lipinski definition) is 0. The van der Waals surface area contributed by atoms with Crippen LogP contribution in [0.5, 0.6) is 0 Å². The van der Waals surface area contributed by atoms with E-state index in [9.17, 15) is 8.78 Å². The maximum absolute atomic E-state index is 12.1. The Morgan fingerprint density at radius 1 is 1.56 bits per heavy atom. The normalized spacial score (nSPS) is 30.3. The summed E-state index contributed by atoms with van der Waals surface area (Å²) in [6.07, 6.45) is 2.86. The van der Waals surface area contributed by atoms with Gasteiger partial charge in [-0.1, -0.05) is 19.8 Å². The summed E-state index contributed by atoms with van der Waals surface area (Å²) in [5.41, 5.74) is 0. The van der Waals surface area contributed by atoms with Crippen molar-refractivity contribution < 1.29 is 8.78 Å². The monoisotopic (exact) mass is 134 g/mol. The molecule has 1 aliphatic rings. The van der Waals surface area contributed by atoms with Crippen LogP contribution >= 0.6 is 0 Å². The van der Waals surface area contributed by atoms with Crippen LogP contribution in [-0.2, 0) is 0 Å². The van der Waals surface area contributed by atoms with Crippen molar-refractivity contribution in [2.45, 2.75) is 38.5 Å². The van der Waals surface area contributed by atoms with Crippen LogP contribution in [0.1, 0.15) is 32.6 Å². The summed E-state index contributed by atoms with van der Waals surface area (Å²) in [7, 11) is 0. The van der Waals surface area contributed by atoms with Gasteiger partial charge in [-0.3, -0.25) is 0 Å². The lowest BCUT2D eigenvalue weighted by molar-refractivity contribution is 0.0965. The minimum absolute atomic E-state index is 0.146. The van der Waals surface area contributed by atoms with Crippen molar-refractivity contribution in [3.05, 3.63) is 0 Å². The van der Waals surface area contributed by atoms with E-state index in [0.717, 1.165) is 19.3 Å². The quantitative estimate of drug-likeness (QED) is 0.556. The highest BCUT2D eigenvalue weighted by atomic mass is 19.3. The number of halogens is 2. The summed E-state index contributed by atoms with van der Waals surface area (Å²) in [5, 5.41) is 0. The first-order valence-electron chi connectivity index (χ1n) is 3.54. The van der Waals surface area contributed by atoms with Gasteiger partial charge in [-0.05, 0) is 6.42 Å². The predicted molar refractivity (Wildman–Crippen MR) is 32.6 cm³/mol. The second-order valence-corrected chi connectivity index (χ2v) is 2.80. The van der Waals surface area contributed by atoms with Gasteiger partial charge in [-0.2, -0.15) is 0 Å². The van der Waals surface area contributed by atoms with E-state index in [0.29, 0.717) is 0 Å². The van der Waals surface area contributed by atoms with Crippen LogP contribution in [0.3, 0.4) is 0 Å². The topological polar surface area (TPSA) is 0 Å². The predicted octanol–water partition coefficient (Wildman–Crippen LogP) is 2.83. The molecule has 0 aromatic carbocycles. The van der Waals surface area contributed by atoms with E-state index in [1.807, 2.05) is 6.92 Å². The Kier molecular flexibility index (Phi) is 1.73. The Balaban J connectivity index is 2.06. The molecule has 1 fully saturated rings. The largest absolute Gasteiger partial charge is 0.251 e. The zero-order valence-electron chi connectivity index (χ0n) is 5.66. The van der Waals surface area contributed by atoms with E-state index < -0.39 is 5.92 Å². The molecule has 0 amide bonds. The SMILES string of the molecule is CCCC[C@H]1CC1(F)F. The van der Waals surface area contributed by atoms with Gasteiger partial charge in [0.05, 0.1) is 0 Å². The fourth-order valence-electron chi connectivity index (χ4n) is 1.03. The molecule has 0 unspecified atom stereocenters. The van der Waals surface area contributed by atoms with Crippen molar-refractivity contribution in [3.8, 4) is 0 Å². The van der Waals surface area contributed by atoms with Gasteiger partial charge in [-0.15, -0.1) is 0 Å². The lowest BCUT2D eigenvalue weighted by Gasteiger charge is -1.93. The first-order chi connectivity index (χ1) is 4.17. The molecule has 54 valence electrons. The fraction of sp³-hybridized carbons (Fsp3) is 1.00. The van der Waals surface area contributed by atoms with E-state index in [-0.39, 0.29) is 12.3 Å². The molecule has 0 aliphatic heterocycles. The Morgan fingerprint density at radius 2 is 2.11 bits per heavy atom. The van der Waals surface area contributed by atoms with Crippen molar-refractivity contribution in [2.75, 3.05) is 0 Å². The zero-order valence-corrected chi connectivity index (χ0v) is 5.66. The second kappa shape index (κ2) is 2.24. The standard InChI is InChI=1S/C7H12F2/c1-2-3-4-6-5-7(6,8)9/h6H,2-5H2,1H3/t6-/m0/s1. The third-order valence-electron chi connectivity index (χ3n) is 1.86. The molecule has 0 heterocycles. The van der Waals surface area contributed by atoms with Gasteiger partial charge in [0.25, 0.3) is 5.92 Å². The molecule has 0 N–H and O–H groups in total. The van der Waals surface area contributed by atoms with Gasteiger partial charge in [0, 0.05) is 12.3 Å². The van der Waals surface area contributed by atoms with Crippen LogP contribution in [0.4, 0.5) is 8.78 Å². The first-order valence-corrected chi connectivity index (χ1v) is 3.54. The molecule has 0 saturated heterocycles. The van der Waals surface area contributed by atoms with Gasteiger partial charge in [-0.25, -0.2) is 8.78 Å². The van der Waals surface area contributed by atoms with Gasteiger partial charge in [0.2, 0.25) is 0 Å². The highest BCUT2D eigenvalue weighted by Crippen LogP contribution is 2.51. The molecule has 1 atom stereocenters. The summed E-state index contributed by atoms with van der Waals surface area (Å²) in [4.78, 5) is 0. The third-order valence-corrected chi connectivity index (χ3v) is 1.86. The number of rotatable bonds is 3. The van der Waals surface area contributed by atoms with Crippen molar-refractivity contribution in [1.29, 1.82) is 0 Å². The van der Waals surface area contributed by atoms with E-state index in [2.05, 4.69) is 0 Å². The average Bonchev–Trinajstić information content (AvgIpc) is 2.35. The molecule has 1 saturated carbocycles. The van der Waals surface area contributed by atoms with Crippen LogP contribution in [-0.4, -0.2) is 5.92 Å². The number of hydrogen-bond donors (Lipinski definition) is 0. The van der Waals surface area contributed by atoms with Crippen molar-refractivity contribution in [3.63, 3.8) is 0 Å². The average molecular weight is 134 g/mol. The molecular weight excluding hydrogens is 122 g/mol. The van der Waals surface area contributed by atoms with Crippen LogP contribution in [0, 0.1) is 5.92 Å². The van der Waals surface area contributed by atoms with Crippen molar-refractivity contribution in [1.82, 2.24) is 0 Å². The smallest absolute Gasteiger partial charge is 0.207 e. The summed E-state index contributed by atoms with van der Waals surface area (Å²) < 4.78 is 24.2. The van der Waals surface area contributed by atoms with Gasteiger partial charge < -0.3 is 0 Å². The van der Waals surface area contributed by atoms with Gasteiger partial charge in [0.15, 0.2) is 0 Å². The van der Waals surface area contributed by atoms with E-state index >= 15 is 0 Å². The summed E-state index contributed by atoms with van der Waals surface area (Å²) >= 11 is 0. The van der Waals surface area contributed by atoms with Crippen LogP contribution in [0.2, 0.25) is 0 Å². The molecule has 0 radical (unpaired) electrons. The first kappa shape index (κ1) is 6.97. The Morgan fingerprint density at radius 3 is 2.44 bits per heavy atom. The molecule has 9 heavy (non-hydrogen) atoms. The number of unbranched alkanes of at least 4 members (excludes halogenated alkanes) is 1. The van der Waals surface area contributed by atoms with E-state index in [1.165, 1.54) is 0 Å². The Bertz CT molecular complexity index is 99.1. The molecule has 1 rings (SSSR count). The number of alkyl halides is 2. The Labute approximate surface area is 54.3 Å². The van der Waals surface area contributed by atoms with Gasteiger partial charge in [0.1, 0.15) is 0 Å². The zero-order chi connectivity index (χ0) is 6.91. The molecule has 0 spiro atoms. The third kappa shape index (κ3) is 1.63. The van der Waals surface area contributed by atoms with Crippen molar-refractivity contribution >= 4 is 0 Å². The highest BCUT2D eigenvalue weighted by molar-refractivity contribution is 4.94. The van der Waals surface area contributed by atoms with Crippen LogP contribution in [0.15, 0.2) is 0 Å². The van der Waals surface area contributed by atoms with Gasteiger partial charge >= 0.3 is 0 Å². The fourth-order valence-corrected chi connectivity index (χ4v) is 1.03. The van der Waals surface area contributed by atoms with E-state index in [4.69, 9.17) is 0 Å². The van der Waals surface area contributed by atoms with Crippen LogP contribution < -0.4 is 0 Å². The molecular formula is C7H12F2. The lowest BCUT2D eigenvalue weighted by atomic mass is 10.2. The molecule has 0 aromatic heterocycles. The summed E-state index contributed by atoms with van der Waals surface area (Å²) in [6, 6.07) is 0. The van der Waals surface area contributed by atoms with Crippen molar-refractivity contribution in [2.24, 2.45) is 5.92 Å². The minimum atomic E-state index is -2.28. The molecule has 0 nitrogen and oxygen atoms in total. The Hall–Kier alpha value is -0.140. The van der Waals surface area contributed by atoms with E-state index in [1.54, 1.807) is 0 Å².